The predicted molar refractivity (Wildman–Crippen MR) is 143 cm³/mol. The SMILES string of the molecule is COCCCC[C@@](O)(c1cccc(Cl)c1)[C@@H]1CCCN(C(=O)N[C@@H](CC2CCCCC2)[C@@H](C)N)C1. The summed E-state index contributed by atoms with van der Waals surface area (Å²) in [5.41, 5.74) is 6.09. The minimum atomic E-state index is -1.04. The number of aliphatic hydroxyl groups is 1. The van der Waals surface area contributed by atoms with Gasteiger partial charge in [0.15, 0.2) is 0 Å². The number of carbonyl (C=O) groups excluding carboxylic acids is 1. The highest BCUT2D eigenvalue weighted by Gasteiger charge is 2.41. The van der Waals surface area contributed by atoms with Crippen LogP contribution in [0, 0.1) is 11.8 Å². The van der Waals surface area contributed by atoms with E-state index in [-0.39, 0.29) is 24.0 Å². The third-order valence-corrected chi connectivity index (χ3v) is 8.36. The van der Waals surface area contributed by atoms with Gasteiger partial charge in [-0.25, -0.2) is 4.79 Å². The van der Waals surface area contributed by atoms with Gasteiger partial charge >= 0.3 is 6.03 Å². The van der Waals surface area contributed by atoms with Crippen LogP contribution in [-0.2, 0) is 10.3 Å². The number of ether oxygens (including phenoxy) is 1. The molecule has 1 aromatic rings. The van der Waals surface area contributed by atoms with E-state index in [1.807, 2.05) is 36.1 Å². The molecule has 7 heteroatoms. The number of nitrogens with zero attached hydrogens (tertiary/aromatic N) is 1. The van der Waals surface area contributed by atoms with Crippen molar-refractivity contribution in [2.45, 2.75) is 95.2 Å². The summed E-state index contributed by atoms with van der Waals surface area (Å²) >= 11 is 6.30. The second kappa shape index (κ2) is 13.8. The van der Waals surface area contributed by atoms with E-state index in [1.165, 1.54) is 32.1 Å². The Balaban J connectivity index is 1.69. The molecule has 6 nitrogen and oxygen atoms in total. The summed E-state index contributed by atoms with van der Waals surface area (Å²) in [4.78, 5) is 15.2. The molecule has 1 saturated heterocycles. The third kappa shape index (κ3) is 8.08. The molecule has 4 N–H and O–H groups in total. The molecule has 1 aliphatic carbocycles. The number of halogens is 1. The molecule has 0 spiro atoms. The van der Waals surface area contributed by atoms with Crippen molar-refractivity contribution in [3.8, 4) is 0 Å². The van der Waals surface area contributed by atoms with Crippen molar-refractivity contribution in [2.24, 2.45) is 17.6 Å². The topological polar surface area (TPSA) is 87.8 Å². The predicted octanol–water partition coefficient (Wildman–Crippen LogP) is 5.45. The van der Waals surface area contributed by atoms with E-state index in [9.17, 15) is 9.90 Å². The molecule has 4 atom stereocenters. The van der Waals surface area contributed by atoms with E-state index >= 15 is 0 Å². The Bertz CT molecular complexity index is 786. The fraction of sp³-hybridized carbons (Fsp3) is 0.750. The number of rotatable bonds is 11. The molecule has 198 valence electrons. The zero-order chi connectivity index (χ0) is 25.3. The van der Waals surface area contributed by atoms with Gasteiger partial charge in [0.25, 0.3) is 0 Å². The Kier molecular flexibility index (Phi) is 11.2. The summed E-state index contributed by atoms with van der Waals surface area (Å²) in [6, 6.07) is 7.38. The van der Waals surface area contributed by atoms with Crippen LogP contribution < -0.4 is 11.1 Å². The molecule has 2 aliphatic rings. The zero-order valence-corrected chi connectivity index (χ0v) is 22.4. The standard InChI is InChI=1S/C28H46ClN3O3/c1-21(30)26(18-22-10-4-3-5-11-22)31-27(33)32-16-9-13-24(20-32)28(34,15-6-7-17-35-2)23-12-8-14-25(29)19-23/h8,12,14,19,21-22,24,26,34H,3-7,9-11,13,15-18,20,30H2,1-2H3,(H,31,33)/t21-,24-,26+,28-/m1/s1. The molecule has 2 fully saturated rings. The van der Waals surface area contributed by atoms with Gasteiger partial charge in [-0.3, -0.25) is 0 Å². The van der Waals surface area contributed by atoms with Crippen LogP contribution in [-0.4, -0.2) is 54.9 Å². The first kappa shape index (κ1) is 28.2. The monoisotopic (exact) mass is 507 g/mol. The number of urea groups is 1. The van der Waals surface area contributed by atoms with E-state index in [2.05, 4.69) is 5.32 Å². The summed E-state index contributed by atoms with van der Waals surface area (Å²) in [7, 11) is 1.70. The molecular formula is C28H46ClN3O3. The number of methoxy groups -OCH3 is 1. The number of carbonyl (C=O) groups is 1. The van der Waals surface area contributed by atoms with E-state index < -0.39 is 5.60 Å². The Morgan fingerprint density at radius 3 is 2.71 bits per heavy atom. The molecule has 1 aliphatic heterocycles. The Hall–Kier alpha value is -1.34. The van der Waals surface area contributed by atoms with Crippen LogP contribution in [0.1, 0.15) is 83.1 Å². The number of piperidine rings is 1. The van der Waals surface area contributed by atoms with Gasteiger partial charge in [-0.15, -0.1) is 0 Å². The molecule has 0 unspecified atom stereocenters. The molecule has 1 saturated carbocycles. The number of likely N-dealkylation sites (tertiary alicyclic amines) is 1. The summed E-state index contributed by atoms with van der Waals surface area (Å²) in [6.45, 7) is 3.89. The van der Waals surface area contributed by atoms with Gasteiger partial charge in [0.1, 0.15) is 0 Å². The lowest BCUT2D eigenvalue weighted by atomic mass is 9.74. The van der Waals surface area contributed by atoms with E-state index in [0.717, 1.165) is 37.7 Å². The fourth-order valence-corrected chi connectivity index (χ4v) is 6.16. The van der Waals surface area contributed by atoms with Crippen molar-refractivity contribution < 1.29 is 14.6 Å². The number of unbranched alkanes of at least 4 members (excludes halogenated alkanes) is 1. The molecule has 0 radical (unpaired) electrons. The molecule has 35 heavy (non-hydrogen) atoms. The molecule has 0 aromatic heterocycles. The maximum atomic E-state index is 13.4. The van der Waals surface area contributed by atoms with Crippen LogP contribution in [0.4, 0.5) is 4.79 Å². The number of benzene rings is 1. The maximum absolute atomic E-state index is 13.4. The number of nitrogens with one attached hydrogen (secondary N) is 1. The average Bonchev–Trinajstić information content (AvgIpc) is 2.86. The first-order valence-electron chi connectivity index (χ1n) is 13.6. The summed E-state index contributed by atoms with van der Waals surface area (Å²) < 4.78 is 5.21. The number of hydrogen-bond donors (Lipinski definition) is 3. The zero-order valence-electron chi connectivity index (χ0n) is 21.7. The molecule has 2 amide bonds. The third-order valence-electron chi connectivity index (χ3n) is 8.12. The van der Waals surface area contributed by atoms with Crippen LogP contribution in [0.5, 0.6) is 0 Å². The van der Waals surface area contributed by atoms with Crippen molar-refractivity contribution in [3.05, 3.63) is 34.9 Å². The van der Waals surface area contributed by atoms with Gasteiger partial charge in [0.05, 0.1) is 5.60 Å². The van der Waals surface area contributed by atoms with E-state index in [0.29, 0.717) is 37.1 Å². The molecular weight excluding hydrogens is 462 g/mol. The van der Waals surface area contributed by atoms with Gasteiger partial charge in [0.2, 0.25) is 0 Å². The van der Waals surface area contributed by atoms with Crippen LogP contribution in [0.2, 0.25) is 5.02 Å². The molecule has 1 heterocycles. The summed E-state index contributed by atoms with van der Waals surface area (Å²) in [5, 5.41) is 15.9. The van der Waals surface area contributed by atoms with Gasteiger partial charge in [-0.05, 0) is 69.1 Å². The lowest BCUT2D eigenvalue weighted by molar-refractivity contribution is -0.0564. The minimum Gasteiger partial charge on any atom is -0.385 e. The van der Waals surface area contributed by atoms with Crippen LogP contribution in [0.25, 0.3) is 0 Å². The van der Waals surface area contributed by atoms with Gasteiger partial charge < -0.3 is 25.8 Å². The first-order valence-corrected chi connectivity index (χ1v) is 14.0. The largest absolute Gasteiger partial charge is 0.385 e. The quantitative estimate of drug-likeness (QED) is 0.347. The van der Waals surface area contributed by atoms with Crippen molar-refractivity contribution in [1.82, 2.24) is 10.2 Å². The van der Waals surface area contributed by atoms with Crippen molar-refractivity contribution in [2.75, 3.05) is 26.8 Å². The molecule has 1 aromatic carbocycles. The van der Waals surface area contributed by atoms with Crippen molar-refractivity contribution >= 4 is 17.6 Å². The fourth-order valence-electron chi connectivity index (χ4n) is 5.97. The number of hydrogen-bond acceptors (Lipinski definition) is 4. The lowest BCUT2D eigenvalue weighted by Crippen LogP contribution is -2.55. The lowest BCUT2D eigenvalue weighted by Gasteiger charge is -2.43. The second-order valence-corrected chi connectivity index (χ2v) is 11.3. The summed E-state index contributed by atoms with van der Waals surface area (Å²) in [6.07, 6.45) is 11.4. The van der Waals surface area contributed by atoms with E-state index in [4.69, 9.17) is 22.1 Å². The van der Waals surface area contributed by atoms with Crippen molar-refractivity contribution in [1.29, 1.82) is 0 Å². The Labute approximate surface area is 216 Å². The van der Waals surface area contributed by atoms with Crippen LogP contribution in [0.15, 0.2) is 24.3 Å². The highest BCUT2D eigenvalue weighted by atomic mass is 35.5. The average molecular weight is 508 g/mol. The smallest absolute Gasteiger partial charge is 0.317 e. The normalized spacial score (nSPS) is 22.9. The van der Waals surface area contributed by atoms with Gasteiger partial charge in [-0.2, -0.15) is 0 Å². The Morgan fingerprint density at radius 1 is 1.26 bits per heavy atom. The maximum Gasteiger partial charge on any atom is 0.317 e. The minimum absolute atomic E-state index is 0.0214. The van der Waals surface area contributed by atoms with Gasteiger partial charge in [-0.1, -0.05) is 55.8 Å². The van der Waals surface area contributed by atoms with Crippen molar-refractivity contribution in [3.63, 3.8) is 0 Å². The van der Waals surface area contributed by atoms with Gasteiger partial charge in [0, 0.05) is 49.8 Å². The summed E-state index contributed by atoms with van der Waals surface area (Å²) in [5.74, 6) is 0.587. The van der Waals surface area contributed by atoms with Crippen LogP contribution >= 0.6 is 11.6 Å². The Morgan fingerprint density at radius 2 is 2.03 bits per heavy atom. The molecule has 3 rings (SSSR count). The molecule has 0 bridgehead atoms. The number of nitrogens with two attached hydrogens (primary N) is 1. The van der Waals surface area contributed by atoms with E-state index in [1.54, 1.807) is 7.11 Å². The highest BCUT2D eigenvalue weighted by molar-refractivity contribution is 6.30. The van der Waals surface area contributed by atoms with Crippen LogP contribution in [0.3, 0.4) is 0 Å². The first-order chi connectivity index (χ1) is 16.8. The number of amides is 2. The highest BCUT2D eigenvalue weighted by Crippen LogP contribution is 2.40. The second-order valence-electron chi connectivity index (χ2n) is 10.8.